The standard InChI is InChI=1S/C17H30N2O/c1-6-15(14(2)3)7-8-16(13-18)17(19(4)5)9-11-20-12-10-17/h6-8,13-14H,9-12,18H2,1-5H3/b8-7-,15-6+,16-13+. The Morgan fingerprint density at radius 3 is 2.20 bits per heavy atom. The molecule has 3 heteroatoms. The Bertz CT molecular complexity index is 386. The van der Waals surface area contributed by atoms with E-state index < -0.39 is 0 Å². The molecule has 114 valence electrons. The zero-order valence-corrected chi connectivity index (χ0v) is 13.6. The van der Waals surface area contributed by atoms with Gasteiger partial charge in [0.25, 0.3) is 0 Å². The zero-order chi connectivity index (χ0) is 15.2. The fourth-order valence-electron chi connectivity index (χ4n) is 2.88. The second-order valence-corrected chi connectivity index (χ2v) is 5.94. The highest BCUT2D eigenvalue weighted by Crippen LogP contribution is 2.34. The lowest BCUT2D eigenvalue weighted by molar-refractivity contribution is 0.0128. The number of rotatable bonds is 5. The van der Waals surface area contributed by atoms with Gasteiger partial charge in [-0.3, -0.25) is 4.90 Å². The minimum absolute atomic E-state index is 0.000664. The summed E-state index contributed by atoms with van der Waals surface area (Å²) in [6, 6.07) is 0. The van der Waals surface area contributed by atoms with Crippen molar-refractivity contribution in [1.82, 2.24) is 4.90 Å². The second kappa shape index (κ2) is 7.65. The van der Waals surface area contributed by atoms with E-state index >= 15 is 0 Å². The molecule has 0 bridgehead atoms. The Kier molecular flexibility index (Phi) is 6.50. The summed E-state index contributed by atoms with van der Waals surface area (Å²) in [5.41, 5.74) is 8.45. The zero-order valence-electron chi connectivity index (χ0n) is 13.6. The van der Waals surface area contributed by atoms with Gasteiger partial charge >= 0.3 is 0 Å². The lowest BCUT2D eigenvalue weighted by Crippen LogP contribution is -2.49. The van der Waals surface area contributed by atoms with Crippen molar-refractivity contribution in [2.75, 3.05) is 27.3 Å². The van der Waals surface area contributed by atoms with Gasteiger partial charge in [0.05, 0.1) is 5.54 Å². The first-order chi connectivity index (χ1) is 9.47. The van der Waals surface area contributed by atoms with E-state index in [0.29, 0.717) is 5.92 Å². The van der Waals surface area contributed by atoms with E-state index in [1.807, 2.05) is 0 Å². The van der Waals surface area contributed by atoms with Crippen molar-refractivity contribution in [2.45, 2.75) is 39.2 Å². The predicted molar refractivity (Wildman–Crippen MR) is 86.5 cm³/mol. The minimum atomic E-state index is -0.000664. The molecule has 0 radical (unpaired) electrons. The van der Waals surface area contributed by atoms with Crippen molar-refractivity contribution in [1.29, 1.82) is 0 Å². The van der Waals surface area contributed by atoms with Crippen LogP contribution in [0, 0.1) is 5.92 Å². The lowest BCUT2D eigenvalue weighted by Gasteiger charge is -2.43. The van der Waals surface area contributed by atoms with Gasteiger partial charge in [-0.05, 0) is 57.1 Å². The third kappa shape index (κ3) is 3.74. The summed E-state index contributed by atoms with van der Waals surface area (Å²) >= 11 is 0. The topological polar surface area (TPSA) is 38.5 Å². The number of likely N-dealkylation sites (N-methyl/N-ethyl adjacent to an activating group) is 1. The first-order valence-corrected chi connectivity index (χ1v) is 7.49. The third-order valence-electron chi connectivity index (χ3n) is 4.35. The van der Waals surface area contributed by atoms with E-state index in [9.17, 15) is 0 Å². The highest BCUT2D eigenvalue weighted by atomic mass is 16.5. The van der Waals surface area contributed by atoms with Gasteiger partial charge in [0.2, 0.25) is 0 Å². The van der Waals surface area contributed by atoms with Crippen LogP contribution in [0.2, 0.25) is 0 Å². The van der Waals surface area contributed by atoms with Crippen molar-refractivity contribution >= 4 is 0 Å². The molecule has 1 saturated heterocycles. The van der Waals surface area contributed by atoms with Crippen molar-refractivity contribution in [2.24, 2.45) is 11.7 Å². The smallest absolute Gasteiger partial charge is 0.0512 e. The van der Waals surface area contributed by atoms with Crippen LogP contribution >= 0.6 is 0 Å². The number of allylic oxidation sites excluding steroid dienone is 3. The lowest BCUT2D eigenvalue weighted by atomic mass is 9.81. The Morgan fingerprint density at radius 2 is 1.80 bits per heavy atom. The van der Waals surface area contributed by atoms with Gasteiger partial charge in [-0.15, -0.1) is 0 Å². The molecular formula is C17H30N2O. The number of nitrogens with zero attached hydrogens (tertiary/aromatic N) is 1. The molecule has 1 fully saturated rings. The molecule has 0 spiro atoms. The van der Waals surface area contributed by atoms with E-state index in [1.165, 1.54) is 11.1 Å². The molecule has 20 heavy (non-hydrogen) atoms. The summed E-state index contributed by atoms with van der Waals surface area (Å²) in [6.45, 7) is 8.10. The molecule has 0 unspecified atom stereocenters. The van der Waals surface area contributed by atoms with Crippen LogP contribution in [-0.4, -0.2) is 37.7 Å². The van der Waals surface area contributed by atoms with Gasteiger partial charge < -0.3 is 10.5 Å². The number of hydrogen-bond donors (Lipinski definition) is 1. The Morgan fingerprint density at radius 1 is 1.20 bits per heavy atom. The van der Waals surface area contributed by atoms with Gasteiger partial charge in [0.1, 0.15) is 0 Å². The van der Waals surface area contributed by atoms with Gasteiger partial charge in [0.15, 0.2) is 0 Å². The molecule has 0 aromatic rings. The molecule has 0 aromatic carbocycles. The molecule has 1 rings (SSSR count). The van der Waals surface area contributed by atoms with Gasteiger partial charge in [-0.25, -0.2) is 0 Å². The minimum Gasteiger partial charge on any atom is -0.404 e. The summed E-state index contributed by atoms with van der Waals surface area (Å²) < 4.78 is 5.52. The molecule has 1 heterocycles. The number of ether oxygens (including phenoxy) is 1. The van der Waals surface area contributed by atoms with Crippen molar-refractivity contribution in [3.63, 3.8) is 0 Å². The van der Waals surface area contributed by atoms with Crippen LogP contribution < -0.4 is 5.73 Å². The Hall–Kier alpha value is -1.06. The van der Waals surface area contributed by atoms with E-state index in [-0.39, 0.29) is 5.54 Å². The SMILES string of the molecule is C\C=C(/C=C\C(=C/N)C1(N(C)C)CCOCC1)C(C)C. The Balaban J connectivity index is 3.02. The summed E-state index contributed by atoms with van der Waals surface area (Å²) in [5.74, 6) is 0.528. The maximum atomic E-state index is 5.93. The van der Waals surface area contributed by atoms with Crippen LogP contribution in [0.1, 0.15) is 33.6 Å². The van der Waals surface area contributed by atoms with Crippen LogP contribution in [-0.2, 0) is 4.74 Å². The van der Waals surface area contributed by atoms with Crippen molar-refractivity contribution in [3.05, 3.63) is 35.6 Å². The summed E-state index contributed by atoms with van der Waals surface area (Å²) in [7, 11) is 4.25. The molecule has 0 saturated carbocycles. The molecule has 0 aliphatic carbocycles. The molecule has 3 nitrogen and oxygen atoms in total. The van der Waals surface area contributed by atoms with Gasteiger partial charge in [0, 0.05) is 13.2 Å². The molecule has 0 amide bonds. The van der Waals surface area contributed by atoms with Gasteiger partial charge in [-0.2, -0.15) is 0 Å². The summed E-state index contributed by atoms with van der Waals surface area (Å²) in [4.78, 5) is 2.28. The van der Waals surface area contributed by atoms with E-state index in [0.717, 1.165) is 26.1 Å². The van der Waals surface area contributed by atoms with Crippen LogP contribution in [0.4, 0.5) is 0 Å². The largest absolute Gasteiger partial charge is 0.404 e. The first-order valence-electron chi connectivity index (χ1n) is 7.49. The molecule has 0 atom stereocenters. The van der Waals surface area contributed by atoms with Crippen LogP contribution in [0.5, 0.6) is 0 Å². The molecule has 0 aromatic heterocycles. The van der Waals surface area contributed by atoms with Crippen LogP contribution in [0.3, 0.4) is 0 Å². The quantitative estimate of drug-likeness (QED) is 0.785. The van der Waals surface area contributed by atoms with Crippen LogP contribution in [0.25, 0.3) is 0 Å². The van der Waals surface area contributed by atoms with E-state index in [2.05, 4.69) is 58.0 Å². The number of hydrogen-bond acceptors (Lipinski definition) is 3. The van der Waals surface area contributed by atoms with Crippen molar-refractivity contribution < 1.29 is 4.74 Å². The highest BCUT2D eigenvalue weighted by Gasteiger charge is 2.37. The molecule has 1 aliphatic rings. The fourth-order valence-corrected chi connectivity index (χ4v) is 2.88. The average Bonchev–Trinajstić information content (AvgIpc) is 2.44. The molecular weight excluding hydrogens is 248 g/mol. The molecule has 2 N–H and O–H groups in total. The third-order valence-corrected chi connectivity index (χ3v) is 4.35. The first kappa shape index (κ1) is 17.0. The van der Waals surface area contributed by atoms with Gasteiger partial charge in [-0.1, -0.05) is 32.1 Å². The highest BCUT2D eigenvalue weighted by molar-refractivity contribution is 5.36. The van der Waals surface area contributed by atoms with Crippen molar-refractivity contribution in [3.8, 4) is 0 Å². The number of nitrogens with two attached hydrogens (primary N) is 1. The maximum Gasteiger partial charge on any atom is 0.0512 e. The second-order valence-electron chi connectivity index (χ2n) is 5.94. The molecule has 1 aliphatic heterocycles. The van der Waals surface area contributed by atoms with E-state index in [1.54, 1.807) is 6.20 Å². The maximum absolute atomic E-state index is 5.93. The summed E-state index contributed by atoms with van der Waals surface area (Å²) in [5, 5.41) is 0. The Labute approximate surface area is 124 Å². The fraction of sp³-hybridized carbons (Fsp3) is 0.647. The normalized spacial score (nSPS) is 21.1. The summed E-state index contributed by atoms with van der Waals surface area (Å²) in [6.07, 6.45) is 10.3. The van der Waals surface area contributed by atoms with Crippen LogP contribution in [0.15, 0.2) is 35.6 Å². The average molecular weight is 278 g/mol. The monoisotopic (exact) mass is 278 g/mol. The predicted octanol–water partition coefficient (Wildman–Crippen LogP) is 3.10. The van der Waals surface area contributed by atoms with E-state index in [4.69, 9.17) is 10.5 Å².